The molecule has 1 rings (SSSR count). The number of anilines is 1. The van der Waals surface area contributed by atoms with Crippen molar-refractivity contribution in [2.75, 3.05) is 5.73 Å². The molecule has 1 heterocycles. The highest BCUT2D eigenvalue weighted by Gasteiger charge is 2.21. The van der Waals surface area contributed by atoms with Gasteiger partial charge in [0.05, 0.1) is 5.69 Å². The van der Waals surface area contributed by atoms with Crippen molar-refractivity contribution in [2.45, 2.75) is 19.4 Å². The van der Waals surface area contributed by atoms with Gasteiger partial charge in [-0.05, 0) is 6.42 Å². The highest BCUT2D eigenvalue weighted by Crippen LogP contribution is 2.15. The summed E-state index contributed by atoms with van der Waals surface area (Å²) in [6, 6.07) is -0.833. The van der Waals surface area contributed by atoms with Gasteiger partial charge in [0.1, 0.15) is 6.04 Å². The molecule has 7 heteroatoms. The molecule has 15 heavy (non-hydrogen) atoms. The van der Waals surface area contributed by atoms with Crippen molar-refractivity contribution in [3.63, 3.8) is 0 Å². The lowest BCUT2D eigenvalue weighted by Crippen LogP contribution is -2.20. The van der Waals surface area contributed by atoms with E-state index >= 15 is 0 Å². The summed E-state index contributed by atoms with van der Waals surface area (Å²) in [7, 11) is 0. The van der Waals surface area contributed by atoms with Crippen LogP contribution in [0.25, 0.3) is 0 Å². The third kappa shape index (κ3) is 2.06. The number of nitrogens with two attached hydrogens (primary N) is 2. The van der Waals surface area contributed by atoms with Gasteiger partial charge in [-0.15, -0.1) is 0 Å². The maximum atomic E-state index is 10.8. The second-order valence-electron chi connectivity index (χ2n) is 3.04. The number of carbonyl (C=O) groups excluding carboxylic acids is 1. The average Bonchev–Trinajstić information content (AvgIpc) is 2.48. The van der Waals surface area contributed by atoms with Crippen molar-refractivity contribution in [2.24, 2.45) is 5.73 Å². The molecule has 82 valence electrons. The van der Waals surface area contributed by atoms with Crippen LogP contribution in [0.15, 0.2) is 6.20 Å². The third-order valence-corrected chi connectivity index (χ3v) is 1.98. The van der Waals surface area contributed by atoms with Gasteiger partial charge in [0.2, 0.25) is 0 Å². The van der Waals surface area contributed by atoms with Crippen LogP contribution in [0.3, 0.4) is 0 Å². The third-order valence-electron chi connectivity index (χ3n) is 1.98. The van der Waals surface area contributed by atoms with Gasteiger partial charge >= 0.3 is 5.97 Å². The summed E-state index contributed by atoms with van der Waals surface area (Å²) < 4.78 is 1.14. The van der Waals surface area contributed by atoms with Crippen molar-refractivity contribution in [3.8, 4) is 0 Å². The van der Waals surface area contributed by atoms with Crippen LogP contribution in [-0.2, 0) is 4.79 Å². The maximum absolute atomic E-state index is 10.8. The molecule has 1 aromatic heterocycles. The number of rotatable bonds is 4. The zero-order valence-electron chi connectivity index (χ0n) is 8.17. The summed E-state index contributed by atoms with van der Waals surface area (Å²) in [5.74, 6) is -1.80. The number of carboxylic acid groups (broad SMARTS) is 1. The van der Waals surface area contributed by atoms with Gasteiger partial charge in [0, 0.05) is 6.20 Å². The lowest BCUT2D eigenvalue weighted by atomic mass is 10.2. The molecular weight excluding hydrogens is 200 g/mol. The normalized spacial score (nSPS) is 12.3. The Morgan fingerprint density at radius 1 is 1.67 bits per heavy atom. The molecule has 0 radical (unpaired) electrons. The van der Waals surface area contributed by atoms with Crippen molar-refractivity contribution in [3.05, 3.63) is 11.9 Å². The van der Waals surface area contributed by atoms with Crippen LogP contribution in [0.1, 0.15) is 29.9 Å². The first-order valence-corrected chi connectivity index (χ1v) is 4.34. The fourth-order valence-electron chi connectivity index (χ4n) is 1.23. The highest BCUT2D eigenvalue weighted by molar-refractivity contribution is 5.95. The first-order valence-electron chi connectivity index (χ1n) is 4.34. The molecule has 5 N–H and O–H groups in total. The minimum atomic E-state index is -1.03. The topological polar surface area (TPSA) is 124 Å². The minimum Gasteiger partial charge on any atom is -0.480 e. The van der Waals surface area contributed by atoms with Crippen molar-refractivity contribution in [1.29, 1.82) is 0 Å². The Bertz CT molecular complexity index is 399. The molecule has 0 aromatic carbocycles. The number of primary amides is 1. The Hall–Kier alpha value is -2.05. The number of nitrogens with zero attached hydrogens (tertiary/aromatic N) is 2. The van der Waals surface area contributed by atoms with E-state index < -0.39 is 17.9 Å². The number of carbonyl (C=O) groups is 2. The Morgan fingerprint density at radius 3 is 2.60 bits per heavy atom. The molecule has 0 aliphatic carbocycles. The second-order valence-corrected chi connectivity index (χ2v) is 3.04. The largest absolute Gasteiger partial charge is 0.480 e. The minimum absolute atomic E-state index is 0.0854. The summed E-state index contributed by atoms with van der Waals surface area (Å²) in [6.45, 7) is 1.70. The number of aliphatic carboxylic acids is 1. The van der Waals surface area contributed by atoms with Gasteiger partial charge in [0.25, 0.3) is 5.91 Å². The molecule has 0 spiro atoms. The molecule has 0 fully saturated rings. The maximum Gasteiger partial charge on any atom is 0.328 e. The zero-order valence-corrected chi connectivity index (χ0v) is 8.17. The Balaban J connectivity index is 3.10. The lowest BCUT2D eigenvalue weighted by Gasteiger charge is -2.08. The summed E-state index contributed by atoms with van der Waals surface area (Å²) in [5, 5.41) is 12.6. The predicted molar refractivity (Wildman–Crippen MR) is 52.1 cm³/mol. The molecule has 0 aliphatic heterocycles. The summed E-state index contributed by atoms with van der Waals surface area (Å²) in [6.07, 6.45) is 1.64. The fourth-order valence-corrected chi connectivity index (χ4v) is 1.23. The second kappa shape index (κ2) is 3.99. The standard InChI is InChI=1S/C8H12N4O3/c1-2-5(8(14)15)12-3-4(9)6(11-12)7(10)13/h3,5H,2,9H2,1H3,(H2,10,13)(H,14,15). The van der Waals surface area contributed by atoms with E-state index in [0.29, 0.717) is 6.42 Å². The van der Waals surface area contributed by atoms with E-state index in [4.69, 9.17) is 16.6 Å². The summed E-state index contributed by atoms with van der Waals surface area (Å²) >= 11 is 0. The van der Waals surface area contributed by atoms with Crippen LogP contribution in [0.2, 0.25) is 0 Å². The average molecular weight is 212 g/mol. The molecule has 0 saturated carbocycles. The molecular formula is C8H12N4O3. The van der Waals surface area contributed by atoms with E-state index in [2.05, 4.69) is 5.10 Å². The van der Waals surface area contributed by atoms with Crippen LogP contribution >= 0.6 is 0 Å². The SMILES string of the molecule is CCC(C(=O)O)n1cc(N)c(C(N)=O)n1. The Kier molecular flexibility index (Phi) is 2.93. The Morgan fingerprint density at radius 2 is 2.27 bits per heavy atom. The zero-order chi connectivity index (χ0) is 11.6. The van der Waals surface area contributed by atoms with Gasteiger partial charge in [-0.1, -0.05) is 6.92 Å². The lowest BCUT2D eigenvalue weighted by molar-refractivity contribution is -0.141. The number of amides is 1. The van der Waals surface area contributed by atoms with E-state index in [0.717, 1.165) is 4.68 Å². The van der Waals surface area contributed by atoms with Gasteiger partial charge in [-0.25, -0.2) is 4.79 Å². The number of nitrogen functional groups attached to an aromatic ring is 1. The summed E-state index contributed by atoms with van der Waals surface area (Å²) in [4.78, 5) is 21.6. The van der Waals surface area contributed by atoms with Crippen LogP contribution in [0, 0.1) is 0 Å². The van der Waals surface area contributed by atoms with Crippen molar-refractivity contribution < 1.29 is 14.7 Å². The fraction of sp³-hybridized carbons (Fsp3) is 0.375. The molecule has 0 bridgehead atoms. The van der Waals surface area contributed by atoms with Gasteiger partial charge in [0.15, 0.2) is 5.69 Å². The van der Waals surface area contributed by atoms with Crippen LogP contribution in [0.5, 0.6) is 0 Å². The molecule has 7 nitrogen and oxygen atoms in total. The van der Waals surface area contributed by atoms with E-state index in [1.807, 2.05) is 0 Å². The van der Waals surface area contributed by atoms with E-state index in [-0.39, 0.29) is 11.4 Å². The van der Waals surface area contributed by atoms with Gasteiger partial charge in [-0.3, -0.25) is 9.48 Å². The van der Waals surface area contributed by atoms with E-state index in [9.17, 15) is 9.59 Å². The van der Waals surface area contributed by atoms with E-state index in [1.54, 1.807) is 6.92 Å². The molecule has 1 atom stereocenters. The number of hydrogen-bond acceptors (Lipinski definition) is 4. The monoisotopic (exact) mass is 212 g/mol. The first kappa shape index (κ1) is 11.0. The molecule has 0 aliphatic rings. The molecule has 1 amide bonds. The van der Waals surface area contributed by atoms with Crippen molar-refractivity contribution in [1.82, 2.24) is 9.78 Å². The van der Waals surface area contributed by atoms with Crippen LogP contribution < -0.4 is 11.5 Å². The molecule has 1 unspecified atom stereocenters. The van der Waals surface area contributed by atoms with E-state index in [1.165, 1.54) is 6.20 Å². The number of hydrogen-bond donors (Lipinski definition) is 3. The van der Waals surface area contributed by atoms with Crippen LogP contribution in [0.4, 0.5) is 5.69 Å². The van der Waals surface area contributed by atoms with Crippen molar-refractivity contribution >= 4 is 17.6 Å². The first-order chi connectivity index (χ1) is 6.97. The molecule has 1 aromatic rings. The number of carboxylic acids is 1. The van der Waals surface area contributed by atoms with Gasteiger partial charge < -0.3 is 16.6 Å². The van der Waals surface area contributed by atoms with Gasteiger partial charge in [-0.2, -0.15) is 5.10 Å². The van der Waals surface area contributed by atoms with Crippen LogP contribution in [-0.4, -0.2) is 26.8 Å². The predicted octanol–water partition coefficient (Wildman–Crippen LogP) is -0.400. The quantitative estimate of drug-likeness (QED) is 0.626. The number of aromatic nitrogens is 2. The highest BCUT2D eigenvalue weighted by atomic mass is 16.4. The molecule has 0 saturated heterocycles. The smallest absolute Gasteiger partial charge is 0.328 e. The summed E-state index contributed by atoms with van der Waals surface area (Å²) in [5.41, 5.74) is 10.4. The Labute approximate surface area is 85.7 Å².